The van der Waals surface area contributed by atoms with Crippen LogP contribution in [0.3, 0.4) is 0 Å². The third-order valence-electron chi connectivity index (χ3n) is 3.23. The quantitative estimate of drug-likeness (QED) is 0.749. The number of hydrogen-bond acceptors (Lipinski definition) is 4. The van der Waals surface area contributed by atoms with Crippen molar-refractivity contribution >= 4 is 17.3 Å². The number of carbonyl (C=O) groups is 1. The summed E-state index contributed by atoms with van der Waals surface area (Å²) < 4.78 is 0. The third-order valence-corrected chi connectivity index (χ3v) is 3.23. The van der Waals surface area contributed by atoms with E-state index in [1.165, 1.54) is 0 Å². The number of carbonyl (C=O) groups excluding carboxylic acids is 1. The highest BCUT2D eigenvalue weighted by Gasteiger charge is 2.25. The smallest absolute Gasteiger partial charge is 0.242 e. The summed E-state index contributed by atoms with van der Waals surface area (Å²) in [5, 5.41) is 11.6. The lowest BCUT2D eigenvalue weighted by Gasteiger charge is -2.35. The summed E-state index contributed by atoms with van der Waals surface area (Å²) in [6, 6.07) is 7.48. The van der Waals surface area contributed by atoms with Gasteiger partial charge in [0.25, 0.3) is 0 Å². The van der Waals surface area contributed by atoms with Gasteiger partial charge in [0.1, 0.15) is 6.04 Å². The van der Waals surface area contributed by atoms with E-state index in [2.05, 4.69) is 11.4 Å². The number of amides is 1. The molecule has 0 spiro atoms. The lowest BCUT2D eigenvalue weighted by atomic mass is 10.1. The summed E-state index contributed by atoms with van der Waals surface area (Å²) >= 11 is 0. The van der Waals surface area contributed by atoms with Crippen molar-refractivity contribution in [1.82, 2.24) is 5.32 Å². The van der Waals surface area contributed by atoms with Crippen molar-refractivity contribution in [2.24, 2.45) is 0 Å². The fourth-order valence-electron chi connectivity index (χ4n) is 2.14. The Morgan fingerprint density at radius 2 is 2.39 bits per heavy atom. The Balaban J connectivity index is 2.30. The Morgan fingerprint density at radius 1 is 1.61 bits per heavy atom. The van der Waals surface area contributed by atoms with Crippen molar-refractivity contribution in [3.05, 3.63) is 23.8 Å². The van der Waals surface area contributed by atoms with Gasteiger partial charge < -0.3 is 16.0 Å². The van der Waals surface area contributed by atoms with Crippen molar-refractivity contribution in [1.29, 1.82) is 5.26 Å². The number of rotatable bonds is 2. The van der Waals surface area contributed by atoms with E-state index in [0.29, 0.717) is 12.2 Å². The van der Waals surface area contributed by atoms with Crippen LogP contribution in [-0.4, -0.2) is 25.0 Å². The van der Waals surface area contributed by atoms with Gasteiger partial charge in [0.15, 0.2) is 0 Å². The molecule has 2 rings (SSSR count). The monoisotopic (exact) mass is 244 g/mol. The minimum Gasteiger partial charge on any atom is -0.398 e. The van der Waals surface area contributed by atoms with E-state index in [1.807, 2.05) is 24.0 Å². The molecule has 1 unspecified atom stereocenters. The van der Waals surface area contributed by atoms with Gasteiger partial charge in [-0.2, -0.15) is 5.26 Å². The normalized spacial score (nSPS) is 19.2. The molecule has 1 saturated heterocycles. The van der Waals surface area contributed by atoms with Crippen molar-refractivity contribution in [2.45, 2.75) is 19.4 Å². The Morgan fingerprint density at radius 3 is 3.11 bits per heavy atom. The van der Waals surface area contributed by atoms with Gasteiger partial charge in [-0.15, -0.1) is 0 Å². The molecule has 1 atom stereocenters. The molecule has 0 radical (unpaired) electrons. The van der Waals surface area contributed by atoms with E-state index in [-0.39, 0.29) is 18.4 Å². The number of anilines is 2. The van der Waals surface area contributed by atoms with Crippen LogP contribution in [-0.2, 0) is 11.2 Å². The van der Waals surface area contributed by atoms with E-state index in [0.717, 1.165) is 17.8 Å². The zero-order chi connectivity index (χ0) is 13.1. The Bertz CT molecular complexity index is 506. The molecule has 1 amide bonds. The maximum atomic E-state index is 11.6. The summed E-state index contributed by atoms with van der Waals surface area (Å²) in [4.78, 5) is 13.7. The van der Waals surface area contributed by atoms with Gasteiger partial charge >= 0.3 is 0 Å². The predicted octanol–water partition coefficient (Wildman–Crippen LogP) is 0.660. The predicted molar refractivity (Wildman–Crippen MR) is 70.0 cm³/mol. The van der Waals surface area contributed by atoms with Crippen LogP contribution in [0.1, 0.15) is 12.5 Å². The molecule has 0 aromatic heterocycles. The summed E-state index contributed by atoms with van der Waals surface area (Å²) in [5.74, 6) is 0.0277. The lowest BCUT2D eigenvalue weighted by Crippen LogP contribution is -2.54. The third kappa shape index (κ3) is 2.23. The standard InChI is InChI=1S/C13H16N4O/c1-9-13(18)16-6-7-17(9)11-2-3-12(15)10(8-11)4-5-14/h2-3,8-9H,4,6-7,15H2,1H3,(H,16,18). The van der Waals surface area contributed by atoms with E-state index < -0.39 is 0 Å². The van der Waals surface area contributed by atoms with E-state index >= 15 is 0 Å². The number of nitrogens with zero attached hydrogens (tertiary/aromatic N) is 2. The molecular formula is C13H16N4O. The second kappa shape index (κ2) is 4.96. The van der Waals surface area contributed by atoms with E-state index in [9.17, 15) is 4.79 Å². The summed E-state index contributed by atoms with van der Waals surface area (Å²) in [5.41, 5.74) is 8.19. The first-order valence-electron chi connectivity index (χ1n) is 5.93. The molecule has 0 aliphatic carbocycles. The molecular weight excluding hydrogens is 228 g/mol. The first kappa shape index (κ1) is 12.2. The van der Waals surface area contributed by atoms with Gasteiger partial charge in [-0.3, -0.25) is 4.79 Å². The maximum Gasteiger partial charge on any atom is 0.242 e. The fraction of sp³-hybridized carbons (Fsp3) is 0.385. The van der Waals surface area contributed by atoms with Crippen LogP contribution >= 0.6 is 0 Å². The average Bonchev–Trinajstić information content (AvgIpc) is 2.36. The Kier molecular flexibility index (Phi) is 3.38. The van der Waals surface area contributed by atoms with Gasteiger partial charge in [0.2, 0.25) is 5.91 Å². The molecule has 1 heterocycles. The van der Waals surface area contributed by atoms with Crippen molar-refractivity contribution in [3.8, 4) is 6.07 Å². The zero-order valence-corrected chi connectivity index (χ0v) is 10.3. The van der Waals surface area contributed by atoms with Crippen molar-refractivity contribution < 1.29 is 4.79 Å². The average molecular weight is 244 g/mol. The van der Waals surface area contributed by atoms with Crippen LogP contribution in [0.2, 0.25) is 0 Å². The first-order chi connectivity index (χ1) is 8.63. The second-order valence-corrected chi connectivity index (χ2v) is 4.38. The van der Waals surface area contributed by atoms with Crippen LogP contribution in [0.15, 0.2) is 18.2 Å². The van der Waals surface area contributed by atoms with Gasteiger partial charge in [-0.25, -0.2) is 0 Å². The van der Waals surface area contributed by atoms with E-state index in [1.54, 1.807) is 6.07 Å². The number of nitrogen functional groups attached to an aromatic ring is 1. The van der Waals surface area contributed by atoms with Gasteiger partial charge in [-0.1, -0.05) is 0 Å². The highest BCUT2D eigenvalue weighted by Crippen LogP contribution is 2.24. The number of piperazine rings is 1. The lowest BCUT2D eigenvalue weighted by molar-refractivity contribution is -0.122. The number of benzene rings is 1. The summed E-state index contributed by atoms with van der Waals surface area (Å²) in [6.07, 6.45) is 0.286. The van der Waals surface area contributed by atoms with Gasteiger partial charge in [-0.05, 0) is 30.7 Å². The minimum atomic E-state index is -0.197. The summed E-state index contributed by atoms with van der Waals surface area (Å²) in [7, 11) is 0. The highest BCUT2D eigenvalue weighted by atomic mass is 16.2. The molecule has 3 N–H and O–H groups in total. The van der Waals surface area contributed by atoms with Crippen molar-refractivity contribution in [3.63, 3.8) is 0 Å². The first-order valence-corrected chi connectivity index (χ1v) is 5.93. The molecule has 1 fully saturated rings. The number of hydrogen-bond donors (Lipinski definition) is 2. The number of nitrogens with one attached hydrogen (secondary N) is 1. The highest BCUT2D eigenvalue weighted by molar-refractivity contribution is 5.86. The molecule has 94 valence electrons. The molecule has 1 aromatic carbocycles. The zero-order valence-electron chi connectivity index (χ0n) is 10.3. The van der Waals surface area contributed by atoms with E-state index in [4.69, 9.17) is 11.0 Å². The van der Waals surface area contributed by atoms with Crippen LogP contribution in [0.4, 0.5) is 11.4 Å². The fourth-order valence-corrected chi connectivity index (χ4v) is 2.14. The molecule has 18 heavy (non-hydrogen) atoms. The molecule has 1 aromatic rings. The SMILES string of the molecule is CC1C(=O)NCCN1c1ccc(N)c(CC#N)c1. The topological polar surface area (TPSA) is 82.2 Å². The molecule has 0 bridgehead atoms. The van der Waals surface area contributed by atoms with Gasteiger partial charge in [0, 0.05) is 24.5 Å². The number of nitriles is 1. The Labute approximate surface area is 106 Å². The molecule has 1 aliphatic rings. The van der Waals surface area contributed by atoms with Gasteiger partial charge in [0.05, 0.1) is 12.5 Å². The summed E-state index contributed by atoms with van der Waals surface area (Å²) in [6.45, 7) is 3.28. The van der Waals surface area contributed by atoms with Crippen molar-refractivity contribution in [2.75, 3.05) is 23.7 Å². The largest absolute Gasteiger partial charge is 0.398 e. The maximum absolute atomic E-state index is 11.6. The molecule has 5 heteroatoms. The molecule has 5 nitrogen and oxygen atoms in total. The van der Waals surface area contributed by atoms with Crippen LogP contribution in [0.5, 0.6) is 0 Å². The number of nitrogens with two attached hydrogens (primary N) is 1. The van der Waals surface area contributed by atoms with Crippen LogP contribution in [0.25, 0.3) is 0 Å². The minimum absolute atomic E-state index is 0.0277. The van der Waals surface area contributed by atoms with Crippen LogP contribution < -0.4 is 16.0 Å². The molecule has 0 saturated carbocycles. The van der Waals surface area contributed by atoms with Crippen LogP contribution in [0, 0.1) is 11.3 Å². The molecule has 1 aliphatic heterocycles. The Hall–Kier alpha value is -2.22. The second-order valence-electron chi connectivity index (χ2n) is 4.38.